The Morgan fingerprint density at radius 1 is 1.00 bits per heavy atom. The molecule has 0 saturated carbocycles. The number of imide groups is 1. The van der Waals surface area contributed by atoms with E-state index >= 15 is 0 Å². The molecule has 2 heterocycles. The molecule has 0 aliphatic carbocycles. The van der Waals surface area contributed by atoms with Crippen molar-refractivity contribution < 1.29 is 47.7 Å². The minimum atomic E-state index is -1.40. The van der Waals surface area contributed by atoms with Crippen LogP contribution in [0.4, 0.5) is 0 Å². The summed E-state index contributed by atoms with van der Waals surface area (Å²) in [6.07, 6.45) is -4.80. The molecule has 0 unspecified atom stereocenters. The minimum Gasteiger partial charge on any atom is -0.460 e. The highest BCUT2D eigenvalue weighted by Gasteiger charge is 2.58. The normalized spacial score (nSPS) is 26.5. The Kier molecular flexibility index (Phi) is 8.03. The van der Waals surface area contributed by atoms with Gasteiger partial charge in [0.1, 0.15) is 18.2 Å². The second-order valence-electron chi connectivity index (χ2n) is 8.07. The van der Waals surface area contributed by atoms with Gasteiger partial charge in [0.2, 0.25) is 0 Å². The van der Waals surface area contributed by atoms with Gasteiger partial charge in [-0.05, 0) is 19.1 Å². The first-order chi connectivity index (χ1) is 16.6. The van der Waals surface area contributed by atoms with Gasteiger partial charge in [-0.25, -0.2) is 0 Å². The van der Waals surface area contributed by atoms with Crippen molar-refractivity contribution in [3.63, 3.8) is 0 Å². The zero-order valence-corrected chi connectivity index (χ0v) is 19.8. The van der Waals surface area contributed by atoms with Crippen LogP contribution in [0.1, 0.15) is 48.4 Å². The summed E-state index contributed by atoms with van der Waals surface area (Å²) >= 11 is 0. The highest BCUT2D eigenvalue weighted by atomic mass is 16.7. The van der Waals surface area contributed by atoms with Crippen LogP contribution >= 0.6 is 0 Å². The van der Waals surface area contributed by atoms with Gasteiger partial charge in [-0.15, -0.1) is 6.58 Å². The molecule has 1 aromatic rings. The van der Waals surface area contributed by atoms with Crippen molar-refractivity contribution in [2.45, 2.75) is 64.4 Å². The maximum atomic E-state index is 13.3. The van der Waals surface area contributed by atoms with Crippen molar-refractivity contribution >= 4 is 29.7 Å². The Morgan fingerprint density at radius 2 is 1.54 bits per heavy atom. The minimum absolute atomic E-state index is 0.0516. The van der Waals surface area contributed by atoms with E-state index in [0.717, 1.165) is 18.7 Å². The lowest BCUT2D eigenvalue weighted by Gasteiger charge is -2.48. The van der Waals surface area contributed by atoms with Gasteiger partial charge in [-0.3, -0.25) is 28.9 Å². The second-order valence-corrected chi connectivity index (χ2v) is 8.07. The van der Waals surface area contributed by atoms with Gasteiger partial charge < -0.3 is 23.7 Å². The average Bonchev–Trinajstić information content (AvgIpc) is 3.02. The molecule has 0 radical (unpaired) electrons. The van der Waals surface area contributed by atoms with E-state index in [1.807, 2.05) is 0 Å². The predicted molar refractivity (Wildman–Crippen MR) is 118 cm³/mol. The van der Waals surface area contributed by atoms with Crippen molar-refractivity contribution in [2.75, 3.05) is 6.61 Å². The van der Waals surface area contributed by atoms with E-state index in [1.165, 1.54) is 32.1 Å². The lowest BCUT2D eigenvalue weighted by atomic mass is 9.92. The molecular weight excluding hydrogens is 462 g/mol. The number of esters is 3. The van der Waals surface area contributed by atoms with Crippen molar-refractivity contribution in [3.8, 4) is 0 Å². The van der Waals surface area contributed by atoms with Crippen molar-refractivity contribution in [3.05, 3.63) is 48.0 Å². The van der Waals surface area contributed by atoms with E-state index in [-0.39, 0.29) is 17.7 Å². The summed E-state index contributed by atoms with van der Waals surface area (Å²) in [4.78, 5) is 63.2. The fraction of sp³-hybridized carbons (Fsp3) is 0.458. The molecule has 1 saturated heterocycles. The average molecular weight is 489 g/mol. The smallest absolute Gasteiger partial charge is 0.303 e. The number of carbonyl (C=O) groups excluding carboxylic acids is 5. The molecule has 2 amide bonds. The summed E-state index contributed by atoms with van der Waals surface area (Å²) in [6, 6.07) is 4.87. The molecule has 0 aromatic heterocycles. The summed E-state index contributed by atoms with van der Waals surface area (Å²) in [5.41, 5.74) is 0.307. The highest BCUT2D eigenvalue weighted by Crippen LogP contribution is 2.36. The zero-order chi connectivity index (χ0) is 25.9. The van der Waals surface area contributed by atoms with E-state index in [1.54, 1.807) is 12.1 Å². The van der Waals surface area contributed by atoms with Crippen LogP contribution in [0.2, 0.25) is 0 Å². The highest BCUT2D eigenvalue weighted by molar-refractivity contribution is 6.21. The number of carbonyl (C=O) groups is 5. The molecule has 1 fully saturated rings. The molecule has 3 rings (SSSR count). The molecule has 35 heavy (non-hydrogen) atoms. The first-order valence-corrected chi connectivity index (χ1v) is 10.9. The van der Waals surface area contributed by atoms with Gasteiger partial charge in [-0.2, -0.15) is 0 Å². The van der Waals surface area contributed by atoms with Gasteiger partial charge >= 0.3 is 17.9 Å². The Labute approximate surface area is 201 Å². The SMILES string of the molecule is C=CCO[C@@H]1O[C@H]([C@@H](C)OC(C)=O)[C@@H](OC(C)=O)[C@H](OC(C)=O)[C@H]1N1C(=O)c2ccccc2C1=O. The van der Waals surface area contributed by atoms with E-state index in [4.69, 9.17) is 23.7 Å². The van der Waals surface area contributed by atoms with E-state index in [2.05, 4.69) is 6.58 Å². The number of fused-ring (bicyclic) bond motifs is 1. The van der Waals surface area contributed by atoms with Gasteiger partial charge in [0.15, 0.2) is 18.5 Å². The molecule has 2 aliphatic heterocycles. The largest absolute Gasteiger partial charge is 0.460 e. The molecule has 11 nitrogen and oxygen atoms in total. The fourth-order valence-corrected chi connectivity index (χ4v) is 4.26. The first-order valence-electron chi connectivity index (χ1n) is 10.9. The quantitative estimate of drug-likeness (QED) is 0.228. The zero-order valence-electron chi connectivity index (χ0n) is 19.8. The lowest BCUT2D eigenvalue weighted by molar-refractivity contribution is -0.292. The number of amides is 2. The molecular formula is C24H27NO10. The molecule has 1 aromatic carbocycles. The molecule has 2 aliphatic rings. The molecule has 0 spiro atoms. The summed E-state index contributed by atoms with van der Waals surface area (Å²) in [7, 11) is 0. The van der Waals surface area contributed by atoms with Crippen LogP contribution in [0, 0.1) is 0 Å². The Bertz CT molecular complexity index is 1000. The third kappa shape index (κ3) is 5.41. The summed E-state index contributed by atoms with van der Waals surface area (Å²) in [5, 5.41) is 0. The third-order valence-corrected chi connectivity index (χ3v) is 5.47. The van der Waals surface area contributed by atoms with E-state index in [9.17, 15) is 24.0 Å². The summed E-state index contributed by atoms with van der Waals surface area (Å²) in [6.45, 7) is 8.50. The fourth-order valence-electron chi connectivity index (χ4n) is 4.26. The molecule has 0 N–H and O–H groups in total. The van der Waals surface area contributed by atoms with Crippen molar-refractivity contribution in [2.24, 2.45) is 0 Å². The molecule has 6 atom stereocenters. The van der Waals surface area contributed by atoms with Crippen LogP contribution in [0.3, 0.4) is 0 Å². The molecule has 11 heteroatoms. The van der Waals surface area contributed by atoms with Crippen molar-refractivity contribution in [1.29, 1.82) is 0 Å². The summed E-state index contributed by atoms with van der Waals surface area (Å²) in [5.74, 6) is -3.45. The van der Waals surface area contributed by atoms with Crippen LogP contribution in [0.15, 0.2) is 36.9 Å². The third-order valence-electron chi connectivity index (χ3n) is 5.47. The van der Waals surface area contributed by atoms with Gasteiger partial charge in [0.05, 0.1) is 17.7 Å². The Morgan fingerprint density at radius 3 is 2.03 bits per heavy atom. The number of hydrogen-bond donors (Lipinski definition) is 0. The standard InChI is InChI=1S/C24H27NO10/c1-6-11-31-24-18(25-22(29)16-9-7-8-10-17(16)23(25)30)20(33-14(4)27)21(34-15(5)28)19(35-24)12(2)32-13(3)26/h6-10,12,18-21,24H,1,11H2,2-5H3/t12-,18-,19-,20-,21-,24-/m1/s1. The van der Waals surface area contributed by atoms with E-state index in [0.29, 0.717) is 0 Å². The van der Waals surface area contributed by atoms with Gasteiger partial charge in [0.25, 0.3) is 11.8 Å². The monoisotopic (exact) mass is 489 g/mol. The number of benzene rings is 1. The maximum absolute atomic E-state index is 13.3. The van der Waals surface area contributed by atoms with Crippen LogP contribution in [-0.2, 0) is 38.1 Å². The number of rotatable bonds is 8. The topological polar surface area (TPSA) is 135 Å². The predicted octanol–water partition coefficient (Wildman–Crippen LogP) is 1.39. The Balaban J connectivity index is 2.12. The van der Waals surface area contributed by atoms with Crippen LogP contribution in [0.5, 0.6) is 0 Å². The maximum Gasteiger partial charge on any atom is 0.303 e. The van der Waals surface area contributed by atoms with Gasteiger partial charge in [0, 0.05) is 20.8 Å². The molecule has 0 bridgehead atoms. The van der Waals surface area contributed by atoms with Crippen LogP contribution in [0.25, 0.3) is 0 Å². The van der Waals surface area contributed by atoms with E-state index < -0.39 is 66.5 Å². The first kappa shape index (κ1) is 26.0. The lowest BCUT2D eigenvalue weighted by Crippen LogP contribution is -2.68. The second kappa shape index (κ2) is 10.8. The van der Waals surface area contributed by atoms with Crippen molar-refractivity contribution in [1.82, 2.24) is 4.90 Å². The number of ether oxygens (including phenoxy) is 5. The Hall–Kier alpha value is -3.57. The molecule has 188 valence electrons. The van der Waals surface area contributed by atoms with Crippen LogP contribution < -0.4 is 0 Å². The van der Waals surface area contributed by atoms with Gasteiger partial charge in [-0.1, -0.05) is 18.2 Å². The number of nitrogens with zero attached hydrogens (tertiary/aromatic N) is 1. The number of hydrogen-bond acceptors (Lipinski definition) is 10. The summed E-state index contributed by atoms with van der Waals surface area (Å²) < 4.78 is 28.0. The van der Waals surface area contributed by atoms with Crippen LogP contribution in [-0.4, -0.2) is 78.0 Å².